The fourth-order valence-corrected chi connectivity index (χ4v) is 9.00. The molecule has 9 atom stereocenters. The van der Waals surface area contributed by atoms with Crippen molar-refractivity contribution < 1.29 is 14.6 Å². The molecule has 0 radical (unpaired) electrons. The lowest BCUT2D eigenvalue weighted by molar-refractivity contribution is -0.146. The monoisotopic (exact) mass is 368 g/mol. The average Bonchev–Trinajstić information content (AvgIpc) is 3.25. The normalized spacial score (nSPS) is 55.0. The van der Waals surface area contributed by atoms with E-state index in [4.69, 9.17) is 4.74 Å². The number of fused-ring (bicyclic) bond motifs is 9. The minimum absolute atomic E-state index is 0.00934. The van der Waals surface area contributed by atoms with Gasteiger partial charge in [0.1, 0.15) is 0 Å². The molecular formula is C24H32O3. The first-order valence-electron chi connectivity index (χ1n) is 11.3. The Morgan fingerprint density at radius 2 is 2.11 bits per heavy atom. The van der Waals surface area contributed by atoms with Crippen LogP contribution in [0.4, 0.5) is 0 Å². The zero-order chi connectivity index (χ0) is 18.4. The predicted molar refractivity (Wildman–Crippen MR) is 103 cm³/mol. The highest BCUT2D eigenvalue weighted by Crippen LogP contribution is 2.78. The van der Waals surface area contributed by atoms with Crippen molar-refractivity contribution in [3.8, 4) is 0 Å². The summed E-state index contributed by atoms with van der Waals surface area (Å²) in [6.45, 7) is 3.40. The van der Waals surface area contributed by atoms with Crippen LogP contribution in [-0.2, 0) is 9.53 Å². The third kappa shape index (κ3) is 1.93. The fourth-order valence-electron chi connectivity index (χ4n) is 9.00. The molecule has 3 unspecified atom stereocenters. The molecule has 0 aromatic rings. The molecule has 146 valence electrons. The van der Waals surface area contributed by atoms with Crippen LogP contribution in [0.5, 0.6) is 0 Å². The number of aliphatic hydroxyl groups is 1. The van der Waals surface area contributed by atoms with Crippen LogP contribution >= 0.6 is 0 Å². The van der Waals surface area contributed by atoms with Gasteiger partial charge in [0, 0.05) is 24.4 Å². The Bertz CT molecular complexity index is 738. The maximum Gasteiger partial charge on any atom is 0.155 e. The van der Waals surface area contributed by atoms with Gasteiger partial charge in [0.05, 0.1) is 12.2 Å². The summed E-state index contributed by atoms with van der Waals surface area (Å²) >= 11 is 0. The number of carbonyl (C=O) groups is 1. The molecule has 27 heavy (non-hydrogen) atoms. The summed E-state index contributed by atoms with van der Waals surface area (Å²) in [5, 5.41) is 10.2. The molecular weight excluding hydrogens is 336 g/mol. The molecule has 3 nitrogen and oxygen atoms in total. The predicted octanol–water partition coefficient (Wildman–Crippen LogP) is 3.92. The minimum atomic E-state index is 0.00934. The van der Waals surface area contributed by atoms with Crippen LogP contribution in [0.1, 0.15) is 51.9 Å². The molecule has 1 spiro atoms. The van der Waals surface area contributed by atoms with Gasteiger partial charge in [0.15, 0.2) is 5.78 Å². The minimum Gasteiger partial charge on any atom is -0.396 e. The van der Waals surface area contributed by atoms with Gasteiger partial charge < -0.3 is 9.84 Å². The molecule has 0 bridgehead atoms. The molecule has 4 saturated carbocycles. The molecule has 4 fully saturated rings. The highest BCUT2D eigenvalue weighted by molar-refractivity contribution is 5.91. The topological polar surface area (TPSA) is 46.5 Å². The number of hydrogen-bond acceptors (Lipinski definition) is 3. The van der Waals surface area contributed by atoms with Gasteiger partial charge >= 0.3 is 0 Å². The summed E-state index contributed by atoms with van der Waals surface area (Å²) < 4.78 is 6.56. The molecule has 1 aliphatic heterocycles. The Morgan fingerprint density at radius 1 is 1.22 bits per heavy atom. The lowest BCUT2D eigenvalue weighted by Crippen LogP contribution is -2.56. The summed E-state index contributed by atoms with van der Waals surface area (Å²) in [5.74, 6) is 4.78. The van der Waals surface area contributed by atoms with E-state index in [1.165, 1.54) is 31.3 Å². The van der Waals surface area contributed by atoms with E-state index in [0.717, 1.165) is 43.1 Å². The van der Waals surface area contributed by atoms with Crippen LogP contribution < -0.4 is 0 Å². The molecule has 1 N–H and O–H groups in total. The standard InChI is InChI=1S/C24H32O3/c1-2-23-8-6-17-16-5-4-15(26)11-18(16)14(13-25)10-19(17)22(23)20-12-21(20)24(23)7-3-9-27-24/h3,7,11,14,16-17,19-22,25H,2,4-6,8-10,12-13H2,1H3/t14-,16-,17?,19?,20-,21+,22?,23+,24+/m1/s1. The Morgan fingerprint density at radius 3 is 2.85 bits per heavy atom. The zero-order valence-electron chi connectivity index (χ0n) is 16.4. The number of carbonyl (C=O) groups excluding carboxylic acids is 1. The first-order valence-corrected chi connectivity index (χ1v) is 11.3. The lowest BCUT2D eigenvalue weighted by Gasteiger charge is -2.59. The third-order valence-electron chi connectivity index (χ3n) is 9.84. The van der Waals surface area contributed by atoms with Crippen LogP contribution in [0.25, 0.3) is 0 Å². The second kappa shape index (κ2) is 5.57. The summed E-state index contributed by atoms with van der Waals surface area (Å²) in [6, 6.07) is 0. The van der Waals surface area contributed by atoms with Crippen LogP contribution in [0.2, 0.25) is 0 Å². The van der Waals surface area contributed by atoms with E-state index in [0.29, 0.717) is 23.7 Å². The average molecular weight is 369 g/mol. The smallest absolute Gasteiger partial charge is 0.155 e. The molecule has 3 heteroatoms. The van der Waals surface area contributed by atoms with E-state index in [2.05, 4.69) is 19.1 Å². The number of hydrogen-bond donors (Lipinski definition) is 1. The summed E-state index contributed by atoms with van der Waals surface area (Å²) in [6.07, 6.45) is 14.6. The van der Waals surface area contributed by atoms with Crippen molar-refractivity contribution in [2.24, 2.45) is 46.8 Å². The van der Waals surface area contributed by atoms with E-state index in [9.17, 15) is 9.90 Å². The molecule has 0 aromatic carbocycles. The second-order valence-corrected chi connectivity index (χ2v) is 10.3. The molecule has 0 amide bonds. The largest absolute Gasteiger partial charge is 0.396 e. The Labute approximate surface area is 162 Å². The third-order valence-corrected chi connectivity index (χ3v) is 9.84. The number of ketones is 1. The molecule has 0 saturated heterocycles. The molecule has 1 heterocycles. The maximum atomic E-state index is 12.1. The van der Waals surface area contributed by atoms with Crippen LogP contribution in [0.15, 0.2) is 23.8 Å². The Hall–Kier alpha value is -0.930. The Kier molecular flexibility index (Phi) is 3.50. The second-order valence-electron chi connectivity index (χ2n) is 10.3. The van der Waals surface area contributed by atoms with Crippen LogP contribution in [0, 0.1) is 46.8 Å². The Balaban J connectivity index is 1.42. The lowest BCUT2D eigenvalue weighted by atomic mass is 9.46. The molecule has 6 aliphatic rings. The van der Waals surface area contributed by atoms with Gasteiger partial charge in [-0.25, -0.2) is 0 Å². The summed E-state index contributed by atoms with van der Waals surface area (Å²) in [4.78, 5) is 12.1. The first kappa shape index (κ1) is 17.0. The van der Waals surface area contributed by atoms with Crippen LogP contribution in [0.3, 0.4) is 0 Å². The SMILES string of the molecule is CC[C@]12CCC3C(C[C@H](CO)C4=CC(=O)CC[C@@H]43)C1[C@@H]1C[C@@H]1[C@@]21C=CCO1. The van der Waals surface area contributed by atoms with Gasteiger partial charge in [-0.15, -0.1) is 0 Å². The highest BCUT2D eigenvalue weighted by Gasteiger charge is 2.77. The quantitative estimate of drug-likeness (QED) is 0.752. The van der Waals surface area contributed by atoms with E-state index in [1.807, 2.05) is 6.08 Å². The van der Waals surface area contributed by atoms with Crippen molar-refractivity contribution in [1.29, 1.82) is 0 Å². The molecule has 5 aliphatic carbocycles. The summed E-state index contributed by atoms with van der Waals surface area (Å²) in [5.41, 5.74) is 1.62. The van der Waals surface area contributed by atoms with E-state index >= 15 is 0 Å². The fraction of sp³-hybridized carbons (Fsp3) is 0.792. The zero-order valence-corrected chi connectivity index (χ0v) is 16.4. The summed E-state index contributed by atoms with van der Waals surface area (Å²) in [7, 11) is 0. The van der Waals surface area contributed by atoms with Crippen molar-refractivity contribution in [3.63, 3.8) is 0 Å². The van der Waals surface area contributed by atoms with Gasteiger partial charge in [-0.05, 0) is 80.1 Å². The number of rotatable bonds is 2. The van der Waals surface area contributed by atoms with Gasteiger partial charge in [0.2, 0.25) is 0 Å². The van der Waals surface area contributed by atoms with Gasteiger partial charge in [-0.3, -0.25) is 4.79 Å². The molecule has 0 aromatic heterocycles. The van der Waals surface area contributed by atoms with E-state index in [-0.39, 0.29) is 23.9 Å². The highest BCUT2D eigenvalue weighted by atomic mass is 16.5. The maximum absolute atomic E-state index is 12.1. The van der Waals surface area contributed by atoms with Gasteiger partial charge in [-0.2, -0.15) is 0 Å². The van der Waals surface area contributed by atoms with Crippen molar-refractivity contribution in [2.45, 2.75) is 57.5 Å². The van der Waals surface area contributed by atoms with Crippen molar-refractivity contribution in [2.75, 3.05) is 13.2 Å². The van der Waals surface area contributed by atoms with E-state index < -0.39 is 0 Å². The number of ether oxygens (including phenoxy) is 1. The molecule has 6 rings (SSSR count). The van der Waals surface area contributed by atoms with Crippen molar-refractivity contribution >= 4 is 5.78 Å². The van der Waals surface area contributed by atoms with Gasteiger partial charge in [0.25, 0.3) is 0 Å². The van der Waals surface area contributed by atoms with Crippen LogP contribution in [-0.4, -0.2) is 29.7 Å². The van der Waals surface area contributed by atoms with Crippen molar-refractivity contribution in [1.82, 2.24) is 0 Å². The first-order chi connectivity index (χ1) is 13.1. The number of aliphatic hydroxyl groups excluding tert-OH is 1. The van der Waals surface area contributed by atoms with Gasteiger partial charge in [-0.1, -0.05) is 24.6 Å². The van der Waals surface area contributed by atoms with E-state index in [1.54, 1.807) is 0 Å². The van der Waals surface area contributed by atoms with Crippen molar-refractivity contribution in [3.05, 3.63) is 23.8 Å².